The summed E-state index contributed by atoms with van der Waals surface area (Å²) < 4.78 is 17.7. The molecule has 1 heterocycles. The van der Waals surface area contributed by atoms with Crippen molar-refractivity contribution in [2.24, 2.45) is 0 Å². The molecule has 0 bridgehead atoms. The van der Waals surface area contributed by atoms with E-state index in [9.17, 15) is 0 Å². The Morgan fingerprint density at radius 1 is 0.773 bits per heavy atom. The van der Waals surface area contributed by atoms with Gasteiger partial charge < -0.3 is 13.3 Å². The van der Waals surface area contributed by atoms with Crippen molar-refractivity contribution in [2.45, 2.75) is 53.0 Å². The lowest BCUT2D eigenvalue weighted by Gasteiger charge is -2.29. The van der Waals surface area contributed by atoms with Gasteiger partial charge in [0.25, 0.3) is 0 Å². The Balaban J connectivity index is 2.33. The standard InChI is InChI=1S/C16H36N2O3Si/c1-5-9-11-17-13-14-18(16-17)12-10-15-22(19-6-2,20-7-3)21-8-4/h5-16H2,1-4H3. The Hall–Kier alpha value is 0.0169. The zero-order chi connectivity index (χ0) is 16.3. The first kappa shape index (κ1) is 20.1. The fourth-order valence-electron chi connectivity index (χ4n) is 2.97. The maximum atomic E-state index is 5.91. The number of unbranched alkanes of at least 4 members (excludes halogenated alkanes) is 1. The van der Waals surface area contributed by atoms with Gasteiger partial charge in [0.1, 0.15) is 0 Å². The minimum Gasteiger partial charge on any atom is -0.374 e. The summed E-state index contributed by atoms with van der Waals surface area (Å²) in [5.41, 5.74) is 0. The molecule has 0 spiro atoms. The van der Waals surface area contributed by atoms with Gasteiger partial charge in [0, 0.05) is 39.0 Å². The van der Waals surface area contributed by atoms with E-state index in [0.29, 0.717) is 19.8 Å². The second-order valence-electron chi connectivity index (χ2n) is 5.82. The minimum atomic E-state index is -2.45. The van der Waals surface area contributed by atoms with Gasteiger partial charge in [-0.25, -0.2) is 0 Å². The van der Waals surface area contributed by atoms with Crippen LogP contribution >= 0.6 is 0 Å². The monoisotopic (exact) mass is 332 g/mol. The molecular formula is C16H36N2O3Si. The molecule has 0 amide bonds. The Kier molecular flexibility index (Phi) is 10.5. The molecule has 0 aliphatic carbocycles. The number of hydrogen-bond acceptors (Lipinski definition) is 5. The quantitative estimate of drug-likeness (QED) is 0.485. The lowest BCUT2D eigenvalue weighted by molar-refractivity contribution is 0.0699. The maximum absolute atomic E-state index is 5.91. The fourth-order valence-corrected chi connectivity index (χ4v) is 5.57. The molecule has 22 heavy (non-hydrogen) atoms. The molecule has 0 N–H and O–H groups in total. The first-order valence-corrected chi connectivity index (χ1v) is 11.0. The Morgan fingerprint density at radius 3 is 1.73 bits per heavy atom. The smallest absolute Gasteiger partial charge is 0.374 e. The van der Waals surface area contributed by atoms with E-state index in [-0.39, 0.29) is 0 Å². The van der Waals surface area contributed by atoms with Crippen molar-refractivity contribution in [1.82, 2.24) is 9.80 Å². The number of nitrogens with zero attached hydrogens (tertiary/aromatic N) is 2. The van der Waals surface area contributed by atoms with Crippen LogP contribution in [-0.4, -0.2) is 71.3 Å². The highest BCUT2D eigenvalue weighted by Gasteiger charge is 2.39. The largest absolute Gasteiger partial charge is 0.500 e. The van der Waals surface area contributed by atoms with Crippen molar-refractivity contribution >= 4 is 8.80 Å². The maximum Gasteiger partial charge on any atom is 0.500 e. The topological polar surface area (TPSA) is 34.2 Å². The van der Waals surface area contributed by atoms with Gasteiger partial charge in [-0.15, -0.1) is 0 Å². The van der Waals surface area contributed by atoms with Gasteiger partial charge in [0.2, 0.25) is 0 Å². The highest BCUT2D eigenvalue weighted by Crippen LogP contribution is 2.19. The average Bonchev–Trinajstić information content (AvgIpc) is 2.94. The molecule has 6 heteroatoms. The summed E-state index contributed by atoms with van der Waals surface area (Å²) >= 11 is 0. The van der Waals surface area contributed by atoms with Crippen LogP contribution in [0.3, 0.4) is 0 Å². The van der Waals surface area contributed by atoms with E-state index in [4.69, 9.17) is 13.3 Å². The lowest BCUT2D eigenvalue weighted by Crippen LogP contribution is -2.46. The van der Waals surface area contributed by atoms with Crippen LogP contribution in [-0.2, 0) is 13.3 Å². The summed E-state index contributed by atoms with van der Waals surface area (Å²) in [6.45, 7) is 16.2. The molecule has 5 nitrogen and oxygen atoms in total. The van der Waals surface area contributed by atoms with Crippen LogP contribution < -0.4 is 0 Å². The molecular weight excluding hydrogens is 296 g/mol. The molecule has 1 rings (SSSR count). The zero-order valence-electron chi connectivity index (χ0n) is 15.1. The SMILES string of the molecule is CCCCN1CCN(CCC[Si](OCC)(OCC)OCC)C1. The Morgan fingerprint density at radius 2 is 1.27 bits per heavy atom. The number of hydrogen-bond donors (Lipinski definition) is 0. The van der Waals surface area contributed by atoms with E-state index in [2.05, 4.69) is 16.7 Å². The van der Waals surface area contributed by atoms with Crippen molar-refractivity contribution < 1.29 is 13.3 Å². The van der Waals surface area contributed by atoms with E-state index in [0.717, 1.165) is 25.7 Å². The molecule has 0 aromatic carbocycles. The second-order valence-corrected chi connectivity index (χ2v) is 8.55. The lowest BCUT2D eigenvalue weighted by atomic mass is 10.3. The highest BCUT2D eigenvalue weighted by atomic mass is 28.4. The Labute approximate surface area is 138 Å². The molecule has 1 saturated heterocycles. The van der Waals surface area contributed by atoms with E-state index in [1.54, 1.807) is 0 Å². The first-order chi connectivity index (χ1) is 10.7. The predicted octanol–water partition coefficient (Wildman–Crippen LogP) is 2.80. The van der Waals surface area contributed by atoms with Crippen molar-refractivity contribution in [3.8, 4) is 0 Å². The molecule has 1 fully saturated rings. The third kappa shape index (κ3) is 7.06. The molecule has 0 atom stereocenters. The number of rotatable bonds is 13. The van der Waals surface area contributed by atoms with E-state index in [1.165, 1.54) is 32.5 Å². The molecule has 1 aliphatic rings. The first-order valence-electron chi connectivity index (χ1n) is 9.06. The summed E-state index contributed by atoms with van der Waals surface area (Å²) in [5, 5.41) is 0. The summed E-state index contributed by atoms with van der Waals surface area (Å²) in [4.78, 5) is 5.10. The highest BCUT2D eigenvalue weighted by molar-refractivity contribution is 6.60. The summed E-state index contributed by atoms with van der Waals surface area (Å²) in [7, 11) is -2.45. The fraction of sp³-hybridized carbons (Fsp3) is 1.00. The van der Waals surface area contributed by atoms with Gasteiger partial charge in [-0.3, -0.25) is 9.80 Å². The van der Waals surface area contributed by atoms with Gasteiger partial charge in [0.05, 0.1) is 6.67 Å². The summed E-state index contributed by atoms with van der Waals surface area (Å²) in [6, 6.07) is 0.925. The van der Waals surface area contributed by atoms with Gasteiger partial charge in [-0.05, 0) is 46.7 Å². The van der Waals surface area contributed by atoms with Crippen molar-refractivity contribution in [3.05, 3.63) is 0 Å². The predicted molar refractivity (Wildman–Crippen MR) is 93.0 cm³/mol. The van der Waals surface area contributed by atoms with Gasteiger partial charge >= 0.3 is 8.80 Å². The normalized spacial score (nSPS) is 17.5. The van der Waals surface area contributed by atoms with Crippen LogP contribution in [0.4, 0.5) is 0 Å². The van der Waals surface area contributed by atoms with Crippen LogP contribution in [0.1, 0.15) is 47.0 Å². The summed E-state index contributed by atoms with van der Waals surface area (Å²) in [6.07, 6.45) is 3.68. The molecule has 0 aromatic heterocycles. The second kappa shape index (κ2) is 11.5. The van der Waals surface area contributed by atoms with E-state index >= 15 is 0 Å². The van der Waals surface area contributed by atoms with E-state index in [1.807, 2.05) is 20.8 Å². The van der Waals surface area contributed by atoms with Crippen LogP contribution in [0.5, 0.6) is 0 Å². The van der Waals surface area contributed by atoms with Crippen LogP contribution in [0.15, 0.2) is 0 Å². The molecule has 1 aliphatic heterocycles. The van der Waals surface area contributed by atoms with Crippen LogP contribution in [0, 0.1) is 0 Å². The van der Waals surface area contributed by atoms with Crippen molar-refractivity contribution in [2.75, 3.05) is 52.7 Å². The Bertz CT molecular complexity index is 265. The third-order valence-corrected chi connectivity index (χ3v) is 7.16. The molecule has 0 aromatic rings. The van der Waals surface area contributed by atoms with Crippen LogP contribution in [0.2, 0.25) is 6.04 Å². The summed E-state index contributed by atoms with van der Waals surface area (Å²) in [5.74, 6) is 0. The van der Waals surface area contributed by atoms with Crippen molar-refractivity contribution in [1.29, 1.82) is 0 Å². The van der Waals surface area contributed by atoms with Gasteiger partial charge in [-0.1, -0.05) is 13.3 Å². The third-order valence-electron chi connectivity index (χ3n) is 4.01. The zero-order valence-corrected chi connectivity index (χ0v) is 16.1. The molecule has 0 unspecified atom stereocenters. The van der Waals surface area contributed by atoms with Crippen LogP contribution in [0.25, 0.3) is 0 Å². The molecule has 132 valence electrons. The molecule has 0 saturated carbocycles. The van der Waals surface area contributed by atoms with Gasteiger partial charge in [-0.2, -0.15) is 0 Å². The minimum absolute atomic E-state index is 0.667. The average molecular weight is 333 g/mol. The van der Waals surface area contributed by atoms with Gasteiger partial charge in [0.15, 0.2) is 0 Å². The van der Waals surface area contributed by atoms with E-state index < -0.39 is 8.80 Å². The van der Waals surface area contributed by atoms with Crippen molar-refractivity contribution in [3.63, 3.8) is 0 Å². The molecule has 0 radical (unpaired) electrons.